The molecule has 1 atom stereocenters. The molecule has 0 saturated heterocycles. The van der Waals surface area contributed by atoms with Crippen LogP contribution in [0, 0.1) is 0 Å². The first-order valence-electron chi connectivity index (χ1n) is 3.85. The lowest BCUT2D eigenvalue weighted by Crippen LogP contribution is -2.06. The van der Waals surface area contributed by atoms with Crippen LogP contribution in [0.5, 0.6) is 0 Å². The molecular weight excluding hydrogens is 285 g/mol. The van der Waals surface area contributed by atoms with Crippen LogP contribution in [0.1, 0.15) is 17.4 Å². The van der Waals surface area contributed by atoms with Gasteiger partial charge in [0.1, 0.15) is 0 Å². The summed E-state index contributed by atoms with van der Waals surface area (Å²) in [6.45, 7) is 0. The van der Waals surface area contributed by atoms with Gasteiger partial charge in [-0.3, -0.25) is 0 Å². The number of benzene rings is 1. The molecule has 0 heterocycles. The number of halogens is 5. The molecular formula is C9H7Cl5. The molecule has 1 rings (SSSR count). The summed E-state index contributed by atoms with van der Waals surface area (Å²) < 4.78 is -1.34. The van der Waals surface area contributed by atoms with Gasteiger partial charge in [0.25, 0.3) is 0 Å². The van der Waals surface area contributed by atoms with Crippen molar-refractivity contribution in [2.75, 3.05) is 0 Å². The number of hydrogen-bond donors (Lipinski definition) is 0. The third kappa shape index (κ3) is 4.46. The van der Waals surface area contributed by atoms with Crippen LogP contribution in [0.2, 0.25) is 5.02 Å². The van der Waals surface area contributed by atoms with Gasteiger partial charge in [0, 0.05) is 11.4 Å². The molecule has 0 aliphatic rings. The number of alkyl halides is 4. The van der Waals surface area contributed by atoms with Crippen molar-refractivity contribution in [3.8, 4) is 0 Å². The van der Waals surface area contributed by atoms with Crippen molar-refractivity contribution in [1.82, 2.24) is 0 Å². The van der Waals surface area contributed by atoms with Crippen LogP contribution in [-0.4, -0.2) is 3.79 Å². The van der Waals surface area contributed by atoms with Crippen LogP contribution in [0.4, 0.5) is 0 Å². The average Bonchev–Trinajstić information content (AvgIpc) is 2.01. The normalized spacial score (nSPS) is 14.1. The van der Waals surface area contributed by atoms with Crippen molar-refractivity contribution in [2.45, 2.75) is 15.6 Å². The Hall–Kier alpha value is 0.670. The van der Waals surface area contributed by atoms with E-state index in [-0.39, 0.29) is 11.8 Å². The molecule has 1 aromatic rings. The smallest absolute Gasteiger partial charge is 0.118 e. The van der Waals surface area contributed by atoms with E-state index < -0.39 is 3.79 Å². The lowest BCUT2D eigenvalue weighted by atomic mass is 10.1. The molecule has 0 saturated carbocycles. The Morgan fingerprint density at radius 3 is 2.36 bits per heavy atom. The first-order valence-corrected chi connectivity index (χ1v) is 5.79. The second-order valence-electron chi connectivity index (χ2n) is 2.84. The first-order chi connectivity index (χ1) is 6.38. The zero-order valence-electron chi connectivity index (χ0n) is 6.98. The van der Waals surface area contributed by atoms with E-state index in [0.717, 1.165) is 5.56 Å². The van der Waals surface area contributed by atoms with E-state index in [1.165, 1.54) is 0 Å². The molecule has 1 unspecified atom stereocenters. The van der Waals surface area contributed by atoms with Crippen LogP contribution in [0.15, 0.2) is 24.3 Å². The van der Waals surface area contributed by atoms with Crippen molar-refractivity contribution in [3.63, 3.8) is 0 Å². The maximum Gasteiger partial charge on any atom is 0.192 e. The quantitative estimate of drug-likeness (QED) is 0.642. The topological polar surface area (TPSA) is 0 Å². The van der Waals surface area contributed by atoms with Crippen molar-refractivity contribution >= 4 is 58.0 Å². The highest BCUT2D eigenvalue weighted by Gasteiger charge is 2.25. The molecule has 5 heteroatoms. The van der Waals surface area contributed by atoms with Crippen LogP contribution in [0.25, 0.3) is 0 Å². The highest BCUT2D eigenvalue weighted by atomic mass is 35.6. The molecule has 0 spiro atoms. The van der Waals surface area contributed by atoms with Gasteiger partial charge in [0.2, 0.25) is 0 Å². The predicted molar refractivity (Wildman–Crippen MR) is 65.0 cm³/mol. The Morgan fingerprint density at radius 2 is 1.86 bits per heavy atom. The van der Waals surface area contributed by atoms with E-state index in [0.29, 0.717) is 5.02 Å². The zero-order chi connectivity index (χ0) is 10.8. The molecule has 0 aliphatic heterocycles. The lowest BCUT2D eigenvalue weighted by Gasteiger charge is -2.15. The van der Waals surface area contributed by atoms with Gasteiger partial charge < -0.3 is 0 Å². The predicted octanol–water partition coefficient (Wildman–Crippen LogP) is 5.38. The van der Waals surface area contributed by atoms with E-state index in [1.54, 1.807) is 12.1 Å². The molecule has 1 aromatic carbocycles. The zero-order valence-corrected chi connectivity index (χ0v) is 10.8. The molecule has 0 amide bonds. The minimum atomic E-state index is -1.34. The Morgan fingerprint density at radius 1 is 1.21 bits per heavy atom. The molecule has 0 aromatic heterocycles. The Kier molecular flexibility index (Phi) is 4.67. The maximum absolute atomic E-state index is 6.05. The summed E-state index contributed by atoms with van der Waals surface area (Å²) in [7, 11) is 0. The van der Waals surface area contributed by atoms with Gasteiger partial charge >= 0.3 is 0 Å². The largest absolute Gasteiger partial charge is 0.192 e. The molecule has 0 radical (unpaired) electrons. The molecule has 0 fully saturated rings. The van der Waals surface area contributed by atoms with E-state index in [1.807, 2.05) is 12.1 Å². The van der Waals surface area contributed by atoms with Gasteiger partial charge in [0.05, 0.1) is 5.38 Å². The molecule has 78 valence electrons. The van der Waals surface area contributed by atoms with Crippen LogP contribution in [0.3, 0.4) is 0 Å². The molecule has 0 aliphatic carbocycles. The average molecular weight is 292 g/mol. The van der Waals surface area contributed by atoms with Crippen LogP contribution < -0.4 is 0 Å². The summed E-state index contributed by atoms with van der Waals surface area (Å²) in [5, 5.41) is 0.277. The minimum absolute atomic E-state index is 0.250. The van der Waals surface area contributed by atoms with Crippen LogP contribution in [-0.2, 0) is 0 Å². The second kappa shape index (κ2) is 5.14. The lowest BCUT2D eigenvalue weighted by molar-refractivity contribution is 0.821. The Labute approximate surface area is 108 Å². The second-order valence-corrected chi connectivity index (χ2v) is 6.32. The summed E-state index contributed by atoms with van der Waals surface area (Å²) in [5.41, 5.74) is 0.852. The molecule has 0 bridgehead atoms. The SMILES string of the molecule is Clc1cccc(C(Cl)CC(Cl)(Cl)Cl)c1. The Bertz CT molecular complexity index is 304. The van der Waals surface area contributed by atoms with E-state index >= 15 is 0 Å². The van der Waals surface area contributed by atoms with Crippen molar-refractivity contribution in [1.29, 1.82) is 0 Å². The van der Waals surface area contributed by atoms with Crippen LogP contribution >= 0.6 is 58.0 Å². The monoisotopic (exact) mass is 290 g/mol. The van der Waals surface area contributed by atoms with Crippen molar-refractivity contribution in [3.05, 3.63) is 34.9 Å². The molecule has 0 N–H and O–H groups in total. The van der Waals surface area contributed by atoms with E-state index in [4.69, 9.17) is 58.0 Å². The first kappa shape index (κ1) is 12.7. The third-order valence-electron chi connectivity index (χ3n) is 1.62. The summed E-state index contributed by atoms with van der Waals surface area (Å²) in [6, 6.07) is 7.19. The Balaban J connectivity index is 2.74. The summed E-state index contributed by atoms with van der Waals surface area (Å²) in [4.78, 5) is 0. The van der Waals surface area contributed by atoms with Crippen molar-refractivity contribution in [2.24, 2.45) is 0 Å². The fourth-order valence-electron chi connectivity index (χ4n) is 1.02. The van der Waals surface area contributed by atoms with Gasteiger partial charge in [-0.1, -0.05) is 58.5 Å². The highest BCUT2D eigenvalue weighted by Crippen LogP contribution is 2.39. The molecule has 0 nitrogen and oxygen atoms in total. The fraction of sp³-hybridized carbons (Fsp3) is 0.333. The van der Waals surface area contributed by atoms with Gasteiger partial charge in [-0.25, -0.2) is 0 Å². The number of hydrogen-bond acceptors (Lipinski definition) is 0. The summed E-state index contributed by atoms with van der Waals surface area (Å²) in [5.74, 6) is 0. The van der Waals surface area contributed by atoms with Gasteiger partial charge in [-0.15, -0.1) is 11.6 Å². The van der Waals surface area contributed by atoms with Crippen molar-refractivity contribution < 1.29 is 0 Å². The van der Waals surface area contributed by atoms with E-state index in [2.05, 4.69) is 0 Å². The van der Waals surface area contributed by atoms with Gasteiger partial charge in [-0.05, 0) is 17.7 Å². The fourth-order valence-corrected chi connectivity index (χ4v) is 2.29. The summed E-state index contributed by atoms with van der Waals surface area (Å²) in [6.07, 6.45) is 0.250. The van der Waals surface area contributed by atoms with Gasteiger partial charge in [-0.2, -0.15) is 0 Å². The maximum atomic E-state index is 6.05. The van der Waals surface area contributed by atoms with Gasteiger partial charge in [0.15, 0.2) is 3.79 Å². The highest BCUT2D eigenvalue weighted by molar-refractivity contribution is 6.67. The molecule has 14 heavy (non-hydrogen) atoms. The van der Waals surface area contributed by atoms with E-state index in [9.17, 15) is 0 Å². The standard InChI is InChI=1S/C9H7Cl5/c10-7-3-1-2-6(4-7)8(11)5-9(12,13)14/h1-4,8H,5H2. The number of rotatable bonds is 2. The summed E-state index contributed by atoms with van der Waals surface area (Å²) >= 11 is 28.7. The third-order valence-corrected chi connectivity index (χ3v) is 2.73. The minimum Gasteiger partial charge on any atom is -0.118 e.